The molecule has 0 spiro atoms. The maximum Gasteiger partial charge on any atom is 0.221 e. The molecule has 0 aliphatic carbocycles. The molecule has 0 aromatic heterocycles. The molecule has 2 aromatic carbocycles. The molecule has 2 rings (SSSR count). The third-order valence-electron chi connectivity index (χ3n) is 3.30. The molecule has 0 heterocycles. The average molecular weight is 303 g/mol. The summed E-state index contributed by atoms with van der Waals surface area (Å²) in [5.41, 5.74) is 3.99. The van der Waals surface area contributed by atoms with Crippen molar-refractivity contribution < 1.29 is 4.79 Å². The van der Waals surface area contributed by atoms with Crippen molar-refractivity contribution in [1.29, 1.82) is 0 Å². The average Bonchev–Trinajstić information content (AvgIpc) is 2.44. The number of rotatable bonds is 4. The van der Waals surface area contributed by atoms with E-state index in [1.165, 1.54) is 6.92 Å². The van der Waals surface area contributed by atoms with Gasteiger partial charge in [-0.15, -0.1) is 0 Å². The third-order valence-corrected chi connectivity index (χ3v) is 3.55. The Kier molecular flexibility index (Phi) is 4.86. The van der Waals surface area contributed by atoms with Crippen LogP contribution >= 0.6 is 11.6 Å². The van der Waals surface area contributed by atoms with Gasteiger partial charge in [-0.1, -0.05) is 17.7 Å². The summed E-state index contributed by atoms with van der Waals surface area (Å²) in [6.45, 7) is 6.41. The molecule has 0 radical (unpaired) electrons. The summed E-state index contributed by atoms with van der Waals surface area (Å²) in [7, 11) is 0. The van der Waals surface area contributed by atoms with Crippen LogP contribution in [0.1, 0.15) is 19.4 Å². The summed E-state index contributed by atoms with van der Waals surface area (Å²) in [6.07, 6.45) is 0. The summed E-state index contributed by atoms with van der Waals surface area (Å²) in [5, 5.41) is 3.59. The number of hydrogen-bond acceptors (Lipinski definition) is 2. The van der Waals surface area contributed by atoms with Gasteiger partial charge in [-0.3, -0.25) is 4.79 Å². The van der Waals surface area contributed by atoms with Gasteiger partial charge in [0.2, 0.25) is 5.91 Å². The number of hydrogen-bond donors (Lipinski definition) is 1. The first-order valence-corrected chi connectivity index (χ1v) is 7.30. The van der Waals surface area contributed by atoms with Crippen LogP contribution in [-0.2, 0) is 4.79 Å². The van der Waals surface area contributed by atoms with Gasteiger partial charge in [-0.05, 0) is 55.8 Å². The van der Waals surface area contributed by atoms with E-state index in [2.05, 4.69) is 23.2 Å². The number of nitrogens with zero attached hydrogens (tertiary/aromatic N) is 1. The summed E-state index contributed by atoms with van der Waals surface area (Å²) in [5.74, 6) is -0.0650. The quantitative estimate of drug-likeness (QED) is 0.882. The first-order valence-electron chi connectivity index (χ1n) is 6.92. The Labute approximate surface area is 130 Å². The van der Waals surface area contributed by atoms with Gasteiger partial charge in [0.1, 0.15) is 0 Å². The third kappa shape index (κ3) is 3.76. The highest BCUT2D eigenvalue weighted by molar-refractivity contribution is 6.30. The largest absolute Gasteiger partial charge is 0.342 e. The fourth-order valence-corrected chi connectivity index (χ4v) is 2.36. The SMILES string of the molecule is CCN(c1ccc(Cl)cc1)c1ccc(C)c(NC(C)=O)c1. The normalized spacial score (nSPS) is 10.3. The Morgan fingerprint density at radius 2 is 1.76 bits per heavy atom. The lowest BCUT2D eigenvalue weighted by Crippen LogP contribution is -2.16. The number of nitrogens with one attached hydrogen (secondary N) is 1. The molecule has 21 heavy (non-hydrogen) atoms. The fraction of sp³-hybridized carbons (Fsp3) is 0.235. The topological polar surface area (TPSA) is 32.3 Å². The van der Waals surface area contributed by atoms with Gasteiger partial charge in [0.15, 0.2) is 0 Å². The van der Waals surface area contributed by atoms with Crippen molar-refractivity contribution in [2.45, 2.75) is 20.8 Å². The number of carbonyl (C=O) groups is 1. The molecule has 110 valence electrons. The zero-order valence-electron chi connectivity index (χ0n) is 12.5. The molecule has 0 saturated carbocycles. The summed E-state index contributed by atoms with van der Waals surface area (Å²) in [6, 6.07) is 13.8. The molecule has 0 aliphatic heterocycles. The molecular formula is C17H19ClN2O. The number of aryl methyl sites for hydroxylation is 1. The predicted octanol–water partition coefficient (Wildman–Crippen LogP) is 4.76. The van der Waals surface area contributed by atoms with Gasteiger partial charge in [-0.2, -0.15) is 0 Å². The van der Waals surface area contributed by atoms with E-state index in [1.807, 2.05) is 43.3 Å². The first kappa shape index (κ1) is 15.4. The maximum atomic E-state index is 11.3. The zero-order valence-corrected chi connectivity index (χ0v) is 13.2. The molecule has 0 saturated heterocycles. The van der Waals surface area contributed by atoms with Gasteiger partial charge in [0.05, 0.1) is 0 Å². The number of amides is 1. The molecule has 2 aromatic rings. The van der Waals surface area contributed by atoms with E-state index in [0.717, 1.165) is 34.2 Å². The lowest BCUT2D eigenvalue weighted by atomic mass is 10.1. The zero-order chi connectivity index (χ0) is 15.4. The van der Waals surface area contributed by atoms with Gasteiger partial charge in [0, 0.05) is 35.6 Å². The Balaban J connectivity index is 2.38. The Hall–Kier alpha value is -2.00. The Bertz CT molecular complexity index is 638. The highest BCUT2D eigenvalue weighted by atomic mass is 35.5. The number of halogens is 1. The van der Waals surface area contributed by atoms with Gasteiger partial charge in [0.25, 0.3) is 0 Å². The monoisotopic (exact) mass is 302 g/mol. The van der Waals surface area contributed by atoms with Crippen LogP contribution in [0.15, 0.2) is 42.5 Å². The van der Waals surface area contributed by atoms with Crippen LogP contribution in [-0.4, -0.2) is 12.5 Å². The van der Waals surface area contributed by atoms with Crippen molar-refractivity contribution in [2.24, 2.45) is 0 Å². The summed E-state index contributed by atoms with van der Waals surface area (Å²) < 4.78 is 0. The Morgan fingerprint density at radius 3 is 2.33 bits per heavy atom. The van der Waals surface area contributed by atoms with E-state index >= 15 is 0 Å². The highest BCUT2D eigenvalue weighted by Gasteiger charge is 2.10. The van der Waals surface area contributed by atoms with E-state index in [9.17, 15) is 4.79 Å². The number of carbonyl (C=O) groups excluding carboxylic acids is 1. The number of benzene rings is 2. The molecule has 0 aliphatic rings. The molecule has 0 bridgehead atoms. The molecule has 1 N–H and O–H groups in total. The molecule has 4 heteroatoms. The lowest BCUT2D eigenvalue weighted by Gasteiger charge is -2.24. The second kappa shape index (κ2) is 6.64. The van der Waals surface area contributed by atoms with Crippen LogP contribution in [0.3, 0.4) is 0 Å². The van der Waals surface area contributed by atoms with E-state index in [4.69, 9.17) is 11.6 Å². The molecule has 3 nitrogen and oxygen atoms in total. The smallest absolute Gasteiger partial charge is 0.221 e. The second-order valence-corrected chi connectivity index (χ2v) is 5.34. The van der Waals surface area contributed by atoms with E-state index in [1.54, 1.807) is 0 Å². The minimum atomic E-state index is -0.0650. The maximum absolute atomic E-state index is 11.3. The van der Waals surface area contributed by atoms with Crippen LogP contribution in [0.5, 0.6) is 0 Å². The standard InChI is InChI=1S/C17H19ClN2O/c1-4-20(15-9-6-14(18)7-10-15)16-8-5-12(2)17(11-16)19-13(3)21/h5-11H,4H2,1-3H3,(H,19,21). The summed E-state index contributed by atoms with van der Waals surface area (Å²) in [4.78, 5) is 13.5. The van der Waals surface area contributed by atoms with Crippen LogP contribution < -0.4 is 10.2 Å². The van der Waals surface area contributed by atoms with E-state index in [0.29, 0.717) is 0 Å². The lowest BCUT2D eigenvalue weighted by molar-refractivity contribution is -0.114. The van der Waals surface area contributed by atoms with Crippen LogP contribution in [0.2, 0.25) is 5.02 Å². The second-order valence-electron chi connectivity index (χ2n) is 4.90. The van der Waals surface area contributed by atoms with Crippen molar-refractivity contribution in [3.8, 4) is 0 Å². The van der Waals surface area contributed by atoms with Crippen molar-refractivity contribution in [3.63, 3.8) is 0 Å². The predicted molar refractivity (Wildman–Crippen MR) is 89.6 cm³/mol. The molecule has 0 unspecified atom stereocenters. The fourth-order valence-electron chi connectivity index (χ4n) is 2.24. The molecule has 0 fully saturated rings. The minimum Gasteiger partial charge on any atom is -0.342 e. The van der Waals surface area contributed by atoms with E-state index in [-0.39, 0.29) is 5.91 Å². The first-order chi connectivity index (χ1) is 10.0. The van der Waals surface area contributed by atoms with E-state index < -0.39 is 0 Å². The molecular weight excluding hydrogens is 284 g/mol. The molecule has 1 amide bonds. The minimum absolute atomic E-state index is 0.0650. The van der Waals surface area contributed by atoms with Crippen LogP contribution in [0, 0.1) is 6.92 Å². The van der Waals surface area contributed by atoms with Gasteiger partial charge in [-0.25, -0.2) is 0 Å². The highest BCUT2D eigenvalue weighted by Crippen LogP contribution is 2.29. The summed E-state index contributed by atoms with van der Waals surface area (Å²) >= 11 is 5.94. The van der Waals surface area contributed by atoms with Gasteiger partial charge >= 0.3 is 0 Å². The van der Waals surface area contributed by atoms with Crippen molar-refractivity contribution in [1.82, 2.24) is 0 Å². The number of anilines is 3. The Morgan fingerprint density at radius 1 is 1.14 bits per heavy atom. The molecule has 0 atom stereocenters. The van der Waals surface area contributed by atoms with Crippen molar-refractivity contribution >= 4 is 34.6 Å². The van der Waals surface area contributed by atoms with Crippen LogP contribution in [0.4, 0.5) is 17.1 Å². The van der Waals surface area contributed by atoms with Gasteiger partial charge < -0.3 is 10.2 Å². The van der Waals surface area contributed by atoms with Crippen molar-refractivity contribution in [2.75, 3.05) is 16.8 Å². The van der Waals surface area contributed by atoms with Crippen molar-refractivity contribution in [3.05, 3.63) is 53.1 Å². The van der Waals surface area contributed by atoms with Crippen LogP contribution in [0.25, 0.3) is 0 Å².